The molecular formula is C16H12F2N2. The fraction of sp³-hybridized carbons (Fsp3) is 0.188. The number of nitrogens with zero attached hydrogens (tertiary/aromatic N) is 1. The minimum Gasteiger partial charge on any atom is -0.381 e. The molecule has 1 fully saturated rings. The smallest absolute Gasteiger partial charge is 0.124 e. The van der Waals surface area contributed by atoms with Crippen molar-refractivity contribution >= 4 is 5.69 Å². The molecule has 1 aliphatic rings. The molecule has 1 saturated carbocycles. The molecule has 100 valence electrons. The van der Waals surface area contributed by atoms with Crippen LogP contribution in [-0.2, 0) is 0 Å². The number of halogens is 2. The minimum atomic E-state index is -0.426. The van der Waals surface area contributed by atoms with Crippen molar-refractivity contribution in [3.63, 3.8) is 0 Å². The molecule has 4 heteroatoms. The van der Waals surface area contributed by atoms with Crippen LogP contribution in [0.25, 0.3) is 0 Å². The molecule has 1 aliphatic carbocycles. The fourth-order valence-corrected chi connectivity index (χ4v) is 2.39. The summed E-state index contributed by atoms with van der Waals surface area (Å²) in [5.41, 5.74) is 1.86. The maximum absolute atomic E-state index is 13.2. The van der Waals surface area contributed by atoms with E-state index in [0.29, 0.717) is 5.69 Å². The predicted molar refractivity (Wildman–Crippen MR) is 72.3 cm³/mol. The third-order valence-corrected chi connectivity index (χ3v) is 3.51. The van der Waals surface area contributed by atoms with Gasteiger partial charge in [-0.2, -0.15) is 5.26 Å². The van der Waals surface area contributed by atoms with Crippen molar-refractivity contribution < 1.29 is 8.78 Å². The summed E-state index contributed by atoms with van der Waals surface area (Å²) >= 11 is 0. The number of hydrogen-bond donors (Lipinski definition) is 1. The molecule has 0 saturated heterocycles. The van der Waals surface area contributed by atoms with Crippen LogP contribution in [0.4, 0.5) is 14.5 Å². The van der Waals surface area contributed by atoms with Crippen LogP contribution >= 0.6 is 0 Å². The van der Waals surface area contributed by atoms with E-state index in [0.717, 1.165) is 12.0 Å². The molecule has 2 aromatic carbocycles. The Morgan fingerprint density at radius 3 is 2.65 bits per heavy atom. The van der Waals surface area contributed by atoms with E-state index in [1.807, 2.05) is 12.1 Å². The molecule has 0 aliphatic heterocycles. The average molecular weight is 270 g/mol. The molecule has 0 heterocycles. The number of benzene rings is 2. The molecule has 2 nitrogen and oxygen atoms in total. The molecule has 20 heavy (non-hydrogen) atoms. The Hall–Kier alpha value is -2.41. The van der Waals surface area contributed by atoms with Gasteiger partial charge >= 0.3 is 0 Å². The van der Waals surface area contributed by atoms with Gasteiger partial charge in [0.25, 0.3) is 0 Å². The minimum absolute atomic E-state index is 0.161. The van der Waals surface area contributed by atoms with Crippen LogP contribution < -0.4 is 5.32 Å². The largest absolute Gasteiger partial charge is 0.381 e. The first kappa shape index (κ1) is 12.6. The molecule has 0 aromatic heterocycles. The second-order valence-electron chi connectivity index (χ2n) is 4.95. The number of hydrogen-bond acceptors (Lipinski definition) is 2. The SMILES string of the molecule is N#Cc1cc(F)ccc1N[C@@H]1C[C@H]1c1cccc(F)c1. The molecule has 3 rings (SSSR count). The number of nitrogens with one attached hydrogen (secondary N) is 1. The second kappa shape index (κ2) is 4.93. The highest BCUT2D eigenvalue weighted by atomic mass is 19.1. The van der Waals surface area contributed by atoms with Crippen molar-refractivity contribution in [3.05, 3.63) is 65.2 Å². The fourth-order valence-electron chi connectivity index (χ4n) is 2.39. The molecule has 0 bridgehead atoms. The quantitative estimate of drug-likeness (QED) is 0.920. The first-order valence-electron chi connectivity index (χ1n) is 6.39. The van der Waals surface area contributed by atoms with Crippen molar-refractivity contribution in [2.75, 3.05) is 5.32 Å². The van der Waals surface area contributed by atoms with E-state index >= 15 is 0 Å². The highest BCUT2D eigenvalue weighted by Crippen LogP contribution is 2.43. The van der Waals surface area contributed by atoms with Gasteiger partial charge in [-0.3, -0.25) is 0 Å². The monoisotopic (exact) mass is 270 g/mol. The van der Waals surface area contributed by atoms with Gasteiger partial charge in [0.1, 0.15) is 17.7 Å². The maximum atomic E-state index is 13.2. The van der Waals surface area contributed by atoms with Gasteiger partial charge in [0, 0.05) is 12.0 Å². The van der Waals surface area contributed by atoms with E-state index in [2.05, 4.69) is 5.32 Å². The van der Waals surface area contributed by atoms with Gasteiger partial charge in [-0.1, -0.05) is 12.1 Å². The highest BCUT2D eigenvalue weighted by Gasteiger charge is 2.38. The Bertz CT molecular complexity index is 691. The zero-order valence-corrected chi connectivity index (χ0v) is 10.6. The van der Waals surface area contributed by atoms with E-state index in [1.165, 1.54) is 24.3 Å². The van der Waals surface area contributed by atoms with Crippen molar-refractivity contribution in [3.8, 4) is 6.07 Å². The summed E-state index contributed by atoms with van der Waals surface area (Å²) in [5.74, 6) is -0.431. The summed E-state index contributed by atoms with van der Waals surface area (Å²) in [6.07, 6.45) is 0.881. The van der Waals surface area contributed by atoms with Gasteiger partial charge in [0.15, 0.2) is 0 Å². The predicted octanol–water partition coefficient (Wildman–Crippen LogP) is 3.80. The van der Waals surface area contributed by atoms with E-state index in [4.69, 9.17) is 5.26 Å². The van der Waals surface area contributed by atoms with Gasteiger partial charge in [-0.05, 0) is 42.3 Å². The zero-order chi connectivity index (χ0) is 14.1. The molecule has 1 N–H and O–H groups in total. The Labute approximate surface area is 115 Å². The Balaban J connectivity index is 1.74. The molecular weight excluding hydrogens is 258 g/mol. The van der Waals surface area contributed by atoms with Crippen LogP contribution in [0.2, 0.25) is 0 Å². The standard InChI is InChI=1S/C16H12F2N2/c17-12-3-1-2-10(6-12)14-8-16(14)20-15-5-4-13(18)7-11(15)9-19/h1-7,14,16,20H,8H2/t14-,16+/m0/s1. The Kier molecular flexibility index (Phi) is 3.11. The molecule has 0 radical (unpaired) electrons. The molecule has 0 amide bonds. The summed E-state index contributed by atoms with van der Waals surface area (Å²) in [6.45, 7) is 0. The van der Waals surface area contributed by atoms with Crippen LogP contribution in [0.3, 0.4) is 0 Å². The first-order valence-corrected chi connectivity index (χ1v) is 6.39. The van der Waals surface area contributed by atoms with E-state index in [9.17, 15) is 8.78 Å². The third kappa shape index (κ3) is 2.48. The van der Waals surface area contributed by atoms with Gasteiger partial charge in [-0.25, -0.2) is 8.78 Å². The van der Waals surface area contributed by atoms with Crippen LogP contribution in [0.1, 0.15) is 23.5 Å². The molecule has 0 unspecified atom stereocenters. The Morgan fingerprint density at radius 2 is 1.90 bits per heavy atom. The molecule has 0 spiro atoms. The number of anilines is 1. The van der Waals surface area contributed by atoms with Gasteiger partial charge in [0.2, 0.25) is 0 Å². The number of nitriles is 1. The van der Waals surface area contributed by atoms with Crippen LogP contribution in [0.5, 0.6) is 0 Å². The zero-order valence-electron chi connectivity index (χ0n) is 10.6. The van der Waals surface area contributed by atoms with E-state index < -0.39 is 5.82 Å². The van der Waals surface area contributed by atoms with Gasteiger partial charge in [-0.15, -0.1) is 0 Å². The third-order valence-electron chi connectivity index (χ3n) is 3.51. The van der Waals surface area contributed by atoms with Crippen molar-refractivity contribution in [1.82, 2.24) is 0 Å². The maximum Gasteiger partial charge on any atom is 0.124 e. The first-order chi connectivity index (χ1) is 9.67. The Morgan fingerprint density at radius 1 is 1.10 bits per heavy atom. The van der Waals surface area contributed by atoms with Crippen molar-refractivity contribution in [1.29, 1.82) is 5.26 Å². The van der Waals surface area contributed by atoms with Gasteiger partial charge < -0.3 is 5.32 Å². The van der Waals surface area contributed by atoms with Crippen molar-refractivity contribution in [2.45, 2.75) is 18.4 Å². The second-order valence-corrected chi connectivity index (χ2v) is 4.95. The normalized spacial score (nSPS) is 20.2. The lowest BCUT2D eigenvalue weighted by molar-refractivity contribution is 0.625. The summed E-state index contributed by atoms with van der Waals surface area (Å²) < 4.78 is 26.2. The number of rotatable bonds is 3. The lowest BCUT2D eigenvalue weighted by Crippen LogP contribution is -2.06. The molecule has 2 aromatic rings. The van der Waals surface area contributed by atoms with Crippen molar-refractivity contribution in [2.24, 2.45) is 0 Å². The topological polar surface area (TPSA) is 35.8 Å². The summed E-state index contributed by atoms with van der Waals surface area (Å²) in [7, 11) is 0. The summed E-state index contributed by atoms with van der Waals surface area (Å²) in [4.78, 5) is 0. The van der Waals surface area contributed by atoms with Gasteiger partial charge in [0.05, 0.1) is 11.3 Å². The lowest BCUT2D eigenvalue weighted by Gasteiger charge is -2.08. The van der Waals surface area contributed by atoms with Crippen LogP contribution in [0.15, 0.2) is 42.5 Å². The lowest BCUT2D eigenvalue weighted by atomic mass is 10.1. The summed E-state index contributed by atoms with van der Waals surface area (Å²) in [6, 6.07) is 12.8. The molecule has 2 atom stereocenters. The van der Waals surface area contributed by atoms with Crippen LogP contribution in [0, 0.1) is 23.0 Å². The van der Waals surface area contributed by atoms with Crippen LogP contribution in [-0.4, -0.2) is 6.04 Å². The summed E-state index contributed by atoms with van der Waals surface area (Å²) in [5, 5.41) is 12.2. The van der Waals surface area contributed by atoms with E-state index in [-0.39, 0.29) is 23.3 Å². The highest BCUT2D eigenvalue weighted by molar-refractivity contribution is 5.59. The van der Waals surface area contributed by atoms with E-state index in [1.54, 1.807) is 12.1 Å². The average Bonchev–Trinajstić information content (AvgIpc) is 3.20.